The summed E-state index contributed by atoms with van der Waals surface area (Å²) in [4.78, 5) is 11.5. The minimum absolute atomic E-state index is 0.721. The summed E-state index contributed by atoms with van der Waals surface area (Å²) in [7, 11) is 1.94. The third-order valence-electron chi connectivity index (χ3n) is 4.78. The molecule has 1 N–H and O–H groups in total. The molecule has 1 saturated heterocycles. The van der Waals surface area contributed by atoms with Gasteiger partial charge in [-0.1, -0.05) is 13.3 Å². The molecule has 1 aliphatic heterocycles. The van der Waals surface area contributed by atoms with Crippen molar-refractivity contribution >= 4 is 11.6 Å². The van der Waals surface area contributed by atoms with E-state index in [4.69, 9.17) is 0 Å². The summed E-state index contributed by atoms with van der Waals surface area (Å²) in [6.07, 6.45) is 9.55. The Hall–Kier alpha value is -1.32. The van der Waals surface area contributed by atoms with Crippen LogP contribution < -0.4 is 10.2 Å². The van der Waals surface area contributed by atoms with Gasteiger partial charge in [-0.15, -0.1) is 0 Å². The number of rotatable bonds is 3. The van der Waals surface area contributed by atoms with Gasteiger partial charge in [0.25, 0.3) is 0 Å². The molecule has 2 atom stereocenters. The highest BCUT2D eigenvalue weighted by atomic mass is 15.2. The quantitative estimate of drug-likeness (QED) is 0.907. The maximum atomic E-state index is 4.62. The van der Waals surface area contributed by atoms with Crippen LogP contribution in [0, 0.1) is 5.92 Å². The van der Waals surface area contributed by atoms with Gasteiger partial charge >= 0.3 is 0 Å². The number of aromatic nitrogens is 2. The third kappa shape index (κ3) is 2.17. The van der Waals surface area contributed by atoms with E-state index in [1.807, 2.05) is 7.05 Å². The molecule has 0 spiro atoms. The fourth-order valence-electron chi connectivity index (χ4n) is 3.91. The fraction of sp³-hybridized carbons (Fsp3) is 0.733. The molecule has 1 aromatic heterocycles. The lowest BCUT2D eigenvalue weighted by molar-refractivity contribution is 0.360. The molecule has 0 amide bonds. The lowest BCUT2D eigenvalue weighted by Crippen LogP contribution is -2.43. The highest BCUT2D eigenvalue weighted by molar-refractivity contribution is 5.59. The smallest absolute Gasteiger partial charge is 0.137 e. The molecule has 0 aromatic carbocycles. The van der Waals surface area contributed by atoms with E-state index < -0.39 is 0 Å². The number of anilines is 2. The van der Waals surface area contributed by atoms with Crippen molar-refractivity contribution in [3.63, 3.8) is 0 Å². The minimum Gasteiger partial charge on any atom is -0.373 e. The Bertz CT molecular complexity index is 446. The van der Waals surface area contributed by atoms with Gasteiger partial charge in [0, 0.05) is 25.2 Å². The molecule has 4 nitrogen and oxygen atoms in total. The Morgan fingerprint density at radius 2 is 2.11 bits per heavy atom. The van der Waals surface area contributed by atoms with Crippen LogP contribution in [0.1, 0.15) is 44.6 Å². The SMILES string of the molecule is CCc1c(NC)ncnc1N1CCCC2CCCC21. The number of piperidine rings is 1. The average molecular weight is 260 g/mol. The maximum absolute atomic E-state index is 4.62. The zero-order valence-electron chi connectivity index (χ0n) is 12.0. The van der Waals surface area contributed by atoms with Crippen LogP contribution in [-0.2, 0) is 6.42 Å². The fourth-order valence-corrected chi connectivity index (χ4v) is 3.91. The van der Waals surface area contributed by atoms with Crippen LogP contribution in [0.2, 0.25) is 0 Å². The molecule has 4 heteroatoms. The van der Waals surface area contributed by atoms with Gasteiger partial charge in [0.15, 0.2) is 0 Å². The lowest BCUT2D eigenvalue weighted by Gasteiger charge is -2.39. The number of nitrogens with one attached hydrogen (secondary N) is 1. The highest BCUT2D eigenvalue weighted by Gasteiger charge is 2.36. The molecular formula is C15H24N4. The maximum Gasteiger partial charge on any atom is 0.137 e. The molecule has 0 radical (unpaired) electrons. The molecule has 104 valence electrons. The van der Waals surface area contributed by atoms with E-state index in [1.54, 1.807) is 6.33 Å². The van der Waals surface area contributed by atoms with Gasteiger partial charge in [-0.25, -0.2) is 9.97 Å². The summed E-state index contributed by atoms with van der Waals surface area (Å²) in [5, 5.41) is 3.21. The first-order valence-corrected chi connectivity index (χ1v) is 7.63. The number of hydrogen-bond donors (Lipinski definition) is 1. The predicted molar refractivity (Wildman–Crippen MR) is 78.7 cm³/mol. The van der Waals surface area contributed by atoms with Crippen LogP contribution in [0.25, 0.3) is 0 Å². The van der Waals surface area contributed by atoms with Crippen LogP contribution in [0.5, 0.6) is 0 Å². The molecule has 2 fully saturated rings. The van der Waals surface area contributed by atoms with Crippen molar-refractivity contribution in [1.29, 1.82) is 0 Å². The second-order valence-corrected chi connectivity index (χ2v) is 5.72. The van der Waals surface area contributed by atoms with E-state index in [1.165, 1.54) is 43.5 Å². The minimum atomic E-state index is 0.721. The second kappa shape index (κ2) is 5.35. The van der Waals surface area contributed by atoms with Crippen molar-refractivity contribution in [2.24, 2.45) is 5.92 Å². The van der Waals surface area contributed by atoms with Crippen molar-refractivity contribution in [2.75, 3.05) is 23.8 Å². The summed E-state index contributed by atoms with van der Waals surface area (Å²) >= 11 is 0. The summed E-state index contributed by atoms with van der Waals surface area (Å²) in [5.41, 5.74) is 1.28. The van der Waals surface area contributed by atoms with E-state index in [2.05, 4.69) is 27.1 Å². The van der Waals surface area contributed by atoms with Crippen molar-refractivity contribution in [1.82, 2.24) is 9.97 Å². The first-order chi connectivity index (χ1) is 9.35. The largest absolute Gasteiger partial charge is 0.373 e. The molecule has 1 saturated carbocycles. The molecule has 0 bridgehead atoms. The summed E-state index contributed by atoms with van der Waals surface area (Å²) in [6.45, 7) is 3.35. The zero-order chi connectivity index (χ0) is 13.2. The van der Waals surface area contributed by atoms with Gasteiger partial charge < -0.3 is 10.2 Å². The van der Waals surface area contributed by atoms with Crippen LogP contribution in [0.3, 0.4) is 0 Å². The number of fused-ring (bicyclic) bond motifs is 1. The predicted octanol–water partition coefficient (Wildman–Crippen LogP) is 2.85. The van der Waals surface area contributed by atoms with Crippen molar-refractivity contribution in [3.05, 3.63) is 11.9 Å². The van der Waals surface area contributed by atoms with Crippen LogP contribution >= 0.6 is 0 Å². The average Bonchev–Trinajstić information content (AvgIpc) is 2.94. The first-order valence-electron chi connectivity index (χ1n) is 7.63. The Kier molecular flexibility index (Phi) is 3.58. The summed E-state index contributed by atoms with van der Waals surface area (Å²) < 4.78 is 0. The van der Waals surface area contributed by atoms with Crippen LogP contribution in [0.4, 0.5) is 11.6 Å². The summed E-state index contributed by atoms with van der Waals surface area (Å²) in [6, 6.07) is 0.721. The Morgan fingerprint density at radius 1 is 1.26 bits per heavy atom. The van der Waals surface area contributed by atoms with Crippen molar-refractivity contribution in [2.45, 2.75) is 51.5 Å². The lowest BCUT2D eigenvalue weighted by atomic mass is 9.91. The summed E-state index contributed by atoms with van der Waals surface area (Å²) in [5.74, 6) is 3.07. The highest BCUT2D eigenvalue weighted by Crippen LogP contribution is 2.40. The van der Waals surface area contributed by atoms with E-state index >= 15 is 0 Å². The Labute approximate surface area is 115 Å². The van der Waals surface area contributed by atoms with Gasteiger partial charge in [-0.05, 0) is 38.0 Å². The normalized spacial score (nSPS) is 26.3. The number of hydrogen-bond acceptors (Lipinski definition) is 4. The van der Waals surface area contributed by atoms with Gasteiger partial charge in [0.1, 0.15) is 18.0 Å². The van der Waals surface area contributed by atoms with E-state index in [9.17, 15) is 0 Å². The van der Waals surface area contributed by atoms with Crippen molar-refractivity contribution in [3.8, 4) is 0 Å². The van der Waals surface area contributed by atoms with Gasteiger partial charge in [0.2, 0.25) is 0 Å². The van der Waals surface area contributed by atoms with Gasteiger partial charge in [0.05, 0.1) is 0 Å². The third-order valence-corrected chi connectivity index (χ3v) is 4.78. The van der Waals surface area contributed by atoms with Crippen molar-refractivity contribution < 1.29 is 0 Å². The monoisotopic (exact) mass is 260 g/mol. The van der Waals surface area contributed by atoms with E-state index in [-0.39, 0.29) is 0 Å². The van der Waals surface area contributed by atoms with Gasteiger partial charge in [-0.3, -0.25) is 0 Å². The molecular weight excluding hydrogens is 236 g/mol. The molecule has 3 rings (SSSR count). The first kappa shape index (κ1) is 12.7. The Balaban J connectivity index is 1.96. The molecule has 19 heavy (non-hydrogen) atoms. The zero-order valence-corrected chi connectivity index (χ0v) is 12.0. The van der Waals surface area contributed by atoms with E-state index in [0.717, 1.165) is 30.7 Å². The number of nitrogens with zero attached hydrogens (tertiary/aromatic N) is 3. The second-order valence-electron chi connectivity index (χ2n) is 5.72. The topological polar surface area (TPSA) is 41.1 Å². The Morgan fingerprint density at radius 3 is 2.89 bits per heavy atom. The van der Waals surface area contributed by atoms with E-state index in [0.29, 0.717) is 0 Å². The standard InChI is InChI=1S/C15H24N4/c1-3-12-14(16-2)17-10-18-15(12)19-9-5-7-11-6-4-8-13(11)19/h10-11,13H,3-9H2,1-2H3,(H,16,17,18). The van der Waals surface area contributed by atoms with Crippen LogP contribution in [0.15, 0.2) is 6.33 Å². The molecule has 2 unspecified atom stereocenters. The van der Waals surface area contributed by atoms with Gasteiger partial charge in [-0.2, -0.15) is 0 Å². The molecule has 1 aromatic rings. The molecule has 2 aliphatic rings. The van der Waals surface area contributed by atoms with Crippen LogP contribution in [-0.4, -0.2) is 29.6 Å². The molecule has 1 aliphatic carbocycles. The molecule has 2 heterocycles.